The molecule has 1 atom stereocenters. The molecule has 0 bridgehead atoms. The van der Waals surface area contributed by atoms with E-state index in [-0.39, 0.29) is 22.4 Å². The molecule has 2 rings (SSSR count). The Labute approximate surface area is 121 Å². The highest BCUT2D eigenvalue weighted by atomic mass is 32.2. The summed E-state index contributed by atoms with van der Waals surface area (Å²) in [6, 6.07) is 3.90. The number of aliphatic carboxylic acids is 1. The van der Waals surface area contributed by atoms with Gasteiger partial charge < -0.3 is 15.2 Å². The summed E-state index contributed by atoms with van der Waals surface area (Å²) in [4.78, 5) is 22.3. The zero-order valence-corrected chi connectivity index (χ0v) is 12.3. The molecule has 7 nitrogen and oxygen atoms in total. The molecule has 0 spiro atoms. The standard InChI is InChI=1S/C13H15NO6S/c1-7(2)12-13(17)14-9-5-8(3-4-10(9)20-12)21(18,19)6-11(15)16/h3-5,7,12H,6H2,1-2H3,(H,14,17)(H,15,16). The van der Waals surface area contributed by atoms with Crippen LogP contribution in [0.2, 0.25) is 0 Å². The first kappa shape index (κ1) is 15.3. The van der Waals surface area contributed by atoms with Gasteiger partial charge >= 0.3 is 5.97 Å². The minimum absolute atomic E-state index is 0.0337. The van der Waals surface area contributed by atoms with E-state index < -0.39 is 27.7 Å². The molecule has 0 saturated heterocycles. The van der Waals surface area contributed by atoms with Crippen LogP contribution in [0, 0.1) is 5.92 Å². The number of carboxylic acids is 1. The van der Waals surface area contributed by atoms with Gasteiger partial charge in [-0.25, -0.2) is 8.42 Å². The number of hydrogen-bond acceptors (Lipinski definition) is 5. The van der Waals surface area contributed by atoms with E-state index in [4.69, 9.17) is 9.84 Å². The number of hydrogen-bond donors (Lipinski definition) is 2. The Balaban J connectivity index is 2.36. The van der Waals surface area contributed by atoms with Crippen molar-refractivity contribution in [2.75, 3.05) is 11.1 Å². The smallest absolute Gasteiger partial charge is 0.319 e. The van der Waals surface area contributed by atoms with E-state index >= 15 is 0 Å². The highest BCUT2D eigenvalue weighted by Crippen LogP contribution is 2.33. The van der Waals surface area contributed by atoms with Crippen LogP contribution < -0.4 is 10.1 Å². The minimum Gasteiger partial charge on any atom is -0.480 e. The predicted molar refractivity (Wildman–Crippen MR) is 74.0 cm³/mol. The lowest BCUT2D eigenvalue weighted by molar-refractivity contribution is -0.134. The summed E-state index contributed by atoms with van der Waals surface area (Å²) in [6.45, 7) is 3.67. The average Bonchev–Trinajstić information content (AvgIpc) is 2.35. The number of carbonyl (C=O) groups is 2. The number of amides is 1. The van der Waals surface area contributed by atoms with Crippen molar-refractivity contribution in [3.63, 3.8) is 0 Å². The Morgan fingerprint density at radius 1 is 1.43 bits per heavy atom. The molecule has 1 unspecified atom stereocenters. The number of benzene rings is 1. The van der Waals surface area contributed by atoms with E-state index in [2.05, 4.69) is 5.32 Å². The molecule has 1 aliphatic rings. The van der Waals surface area contributed by atoms with Crippen molar-refractivity contribution in [1.29, 1.82) is 0 Å². The third kappa shape index (κ3) is 3.15. The molecule has 8 heteroatoms. The number of nitrogens with one attached hydrogen (secondary N) is 1. The largest absolute Gasteiger partial charge is 0.480 e. The van der Waals surface area contributed by atoms with E-state index in [9.17, 15) is 18.0 Å². The number of fused-ring (bicyclic) bond motifs is 1. The van der Waals surface area contributed by atoms with Gasteiger partial charge in [-0.15, -0.1) is 0 Å². The van der Waals surface area contributed by atoms with Crippen LogP contribution >= 0.6 is 0 Å². The number of carboxylic acid groups (broad SMARTS) is 1. The topological polar surface area (TPSA) is 110 Å². The Bertz CT molecular complexity index is 695. The van der Waals surface area contributed by atoms with Crippen LogP contribution in [0.5, 0.6) is 5.75 Å². The molecule has 1 heterocycles. The van der Waals surface area contributed by atoms with Crippen molar-refractivity contribution < 1.29 is 27.9 Å². The summed E-state index contributed by atoms with van der Waals surface area (Å²) in [5.74, 6) is -2.47. The predicted octanol–water partition coefficient (Wildman–Crippen LogP) is 0.900. The Hall–Kier alpha value is -2.09. The van der Waals surface area contributed by atoms with Crippen LogP contribution in [0.3, 0.4) is 0 Å². The van der Waals surface area contributed by atoms with Crippen LogP contribution in [0.4, 0.5) is 5.69 Å². The Morgan fingerprint density at radius 2 is 2.10 bits per heavy atom. The normalized spacial score (nSPS) is 17.9. The van der Waals surface area contributed by atoms with Crippen molar-refractivity contribution >= 4 is 27.4 Å². The van der Waals surface area contributed by atoms with Gasteiger partial charge in [0.25, 0.3) is 5.91 Å². The van der Waals surface area contributed by atoms with Crippen molar-refractivity contribution in [3.8, 4) is 5.75 Å². The van der Waals surface area contributed by atoms with Crippen LogP contribution in [0.1, 0.15) is 13.8 Å². The number of rotatable bonds is 4. The monoisotopic (exact) mass is 313 g/mol. The Kier molecular flexibility index (Phi) is 3.91. The van der Waals surface area contributed by atoms with E-state index in [0.717, 1.165) is 0 Å². The molecule has 1 aromatic rings. The van der Waals surface area contributed by atoms with Gasteiger partial charge in [0.15, 0.2) is 21.7 Å². The van der Waals surface area contributed by atoms with Crippen LogP contribution in [-0.4, -0.2) is 37.3 Å². The van der Waals surface area contributed by atoms with Crippen LogP contribution in [-0.2, 0) is 19.4 Å². The lowest BCUT2D eigenvalue weighted by Crippen LogP contribution is -2.40. The molecule has 2 N–H and O–H groups in total. The summed E-state index contributed by atoms with van der Waals surface area (Å²) >= 11 is 0. The fourth-order valence-electron chi connectivity index (χ4n) is 1.98. The third-order valence-electron chi connectivity index (χ3n) is 3.00. The molecule has 0 aromatic heterocycles. The lowest BCUT2D eigenvalue weighted by atomic mass is 10.0. The van der Waals surface area contributed by atoms with E-state index in [1.54, 1.807) is 0 Å². The van der Waals surface area contributed by atoms with Crippen molar-refractivity contribution in [1.82, 2.24) is 0 Å². The summed E-state index contributed by atoms with van der Waals surface area (Å²) in [5, 5.41) is 11.2. The van der Waals surface area contributed by atoms with Crippen LogP contribution in [0.25, 0.3) is 0 Å². The molecular formula is C13H15NO6S. The molecule has 21 heavy (non-hydrogen) atoms. The lowest BCUT2D eigenvalue weighted by Gasteiger charge is -2.28. The molecule has 1 amide bonds. The quantitative estimate of drug-likeness (QED) is 0.854. The van der Waals surface area contributed by atoms with Gasteiger partial charge in [-0.3, -0.25) is 9.59 Å². The van der Waals surface area contributed by atoms with Gasteiger partial charge in [0.05, 0.1) is 10.6 Å². The highest BCUT2D eigenvalue weighted by Gasteiger charge is 2.31. The zero-order chi connectivity index (χ0) is 15.8. The van der Waals surface area contributed by atoms with E-state index in [1.807, 2.05) is 13.8 Å². The van der Waals surface area contributed by atoms with Crippen molar-refractivity contribution in [2.24, 2.45) is 5.92 Å². The molecule has 114 valence electrons. The van der Waals surface area contributed by atoms with Gasteiger partial charge in [-0.05, 0) is 24.1 Å². The summed E-state index contributed by atoms with van der Waals surface area (Å²) < 4.78 is 29.2. The van der Waals surface area contributed by atoms with Crippen molar-refractivity contribution in [3.05, 3.63) is 18.2 Å². The van der Waals surface area contributed by atoms with Gasteiger partial charge in [0, 0.05) is 0 Å². The summed E-state index contributed by atoms with van der Waals surface area (Å²) in [7, 11) is -3.95. The first-order valence-corrected chi connectivity index (χ1v) is 7.92. The van der Waals surface area contributed by atoms with E-state index in [1.165, 1.54) is 18.2 Å². The molecule has 0 radical (unpaired) electrons. The van der Waals surface area contributed by atoms with Gasteiger partial charge in [0.2, 0.25) is 0 Å². The number of carbonyl (C=O) groups excluding carboxylic acids is 1. The second-order valence-electron chi connectivity index (χ2n) is 5.08. The van der Waals surface area contributed by atoms with Crippen molar-refractivity contribution in [2.45, 2.75) is 24.8 Å². The second kappa shape index (κ2) is 5.36. The summed E-state index contributed by atoms with van der Waals surface area (Å²) in [6.07, 6.45) is -0.640. The SMILES string of the molecule is CC(C)C1Oc2ccc(S(=O)(=O)CC(=O)O)cc2NC1=O. The van der Waals surface area contributed by atoms with Gasteiger partial charge in [-0.2, -0.15) is 0 Å². The molecule has 0 fully saturated rings. The fraction of sp³-hybridized carbons (Fsp3) is 0.385. The molecule has 1 aromatic carbocycles. The fourth-order valence-corrected chi connectivity index (χ4v) is 3.05. The second-order valence-corrected chi connectivity index (χ2v) is 7.07. The molecule has 1 aliphatic heterocycles. The first-order valence-electron chi connectivity index (χ1n) is 6.27. The maximum atomic E-state index is 11.9. The van der Waals surface area contributed by atoms with Gasteiger partial charge in [0.1, 0.15) is 5.75 Å². The number of sulfone groups is 1. The highest BCUT2D eigenvalue weighted by molar-refractivity contribution is 7.92. The molecule has 0 aliphatic carbocycles. The first-order chi connectivity index (χ1) is 9.70. The number of ether oxygens (including phenoxy) is 1. The van der Waals surface area contributed by atoms with Gasteiger partial charge in [-0.1, -0.05) is 13.8 Å². The summed E-state index contributed by atoms with van der Waals surface area (Å²) in [5.41, 5.74) is 0.225. The number of anilines is 1. The molecular weight excluding hydrogens is 298 g/mol. The Morgan fingerprint density at radius 3 is 2.67 bits per heavy atom. The maximum absolute atomic E-state index is 11.9. The van der Waals surface area contributed by atoms with E-state index in [0.29, 0.717) is 5.75 Å². The molecule has 0 saturated carbocycles. The zero-order valence-electron chi connectivity index (χ0n) is 11.5. The maximum Gasteiger partial charge on any atom is 0.319 e. The minimum atomic E-state index is -3.95. The third-order valence-corrected chi connectivity index (χ3v) is 4.60. The van der Waals surface area contributed by atoms with Crippen LogP contribution in [0.15, 0.2) is 23.1 Å². The average molecular weight is 313 g/mol.